The molecule has 1 heterocycles. The van der Waals surface area contributed by atoms with E-state index in [1.807, 2.05) is 44.2 Å². The minimum Gasteiger partial charge on any atom is -0.476 e. The Kier molecular flexibility index (Phi) is 5.59. The Morgan fingerprint density at radius 3 is 2.57 bits per heavy atom. The first kappa shape index (κ1) is 20.5. The topological polar surface area (TPSA) is 75.7 Å². The molecule has 2 aromatic rings. The number of carbonyl (C=O) groups excluding carboxylic acids is 1. The van der Waals surface area contributed by atoms with Gasteiger partial charge in [0.2, 0.25) is 10.0 Å². The SMILES string of the molecule is CC(C)(Cc1ccccc1)NC(=O)[C@@H]1CN(S(C)(=O)=O)c2cc(Cl)ccc2O1. The van der Waals surface area contributed by atoms with E-state index in [-0.39, 0.29) is 12.5 Å². The van der Waals surface area contributed by atoms with Crippen LogP contribution in [0.5, 0.6) is 5.75 Å². The van der Waals surface area contributed by atoms with Gasteiger partial charge in [-0.1, -0.05) is 41.9 Å². The molecule has 1 aliphatic heterocycles. The number of sulfonamides is 1. The average Bonchev–Trinajstić information content (AvgIpc) is 2.59. The minimum absolute atomic E-state index is 0.112. The van der Waals surface area contributed by atoms with Crippen molar-refractivity contribution in [3.63, 3.8) is 0 Å². The van der Waals surface area contributed by atoms with Crippen LogP contribution >= 0.6 is 11.6 Å². The van der Waals surface area contributed by atoms with Crippen molar-refractivity contribution < 1.29 is 17.9 Å². The number of hydrogen-bond acceptors (Lipinski definition) is 4. The first-order valence-electron chi connectivity index (χ1n) is 8.85. The molecular weight excluding hydrogens is 400 g/mol. The van der Waals surface area contributed by atoms with Gasteiger partial charge in [-0.2, -0.15) is 0 Å². The Bertz CT molecular complexity index is 977. The Hall–Kier alpha value is -2.25. The number of halogens is 1. The molecule has 3 rings (SSSR count). The summed E-state index contributed by atoms with van der Waals surface area (Å²) in [6.07, 6.45) is 0.768. The second kappa shape index (κ2) is 7.64. The maximum atomic E-state index is 12.9. The van der Waals surface area contributed by atoms with E-state index in [4.69, 9.17) is 16.3 Å². The van der Waals surface area contributed by atoms with E-state index >= 15 is 0 Å². The molecule has 28 heavy (non-hydrogen) atoms. The van der Waals surface area contributed by atoms with Gasteiger partial charge in [-0.15, -0.1) is 0 Å². The maximum Gasteiger partial charge on any atom is 0.263 e. The average molecular weight is 423 g/mol. The third-order valence-corrected chi connectivity index (χ3v) is 5.82. The first-order chi connectivity index (χ1) is 13.0. The summed E-state index contributed by atoms with van der Waals surface area (Å²) >= 11 is 6.00. The highest BCUT2D eigenvalue weighted by Gasteiger charge is 2.36. The van der Waals surface area contributed by atoms with Crippen molar-refractivity contribution in [3.05, 3.63) is 59.1 Å². The molecule has 6 nitrogen and oxygen atoms in total. The van der Waals surface area contributed by atoms with Crippen molar-refractivity contribution in [2.45, 2.75) is 31.9 Å². The quantitative estimate of drug-likeness (QED) is 0.803. The number of benzene rings is 2. The van der Waals surface area contributed by atoms with Gasteiger partial charge in [0.25, 0.3) is 5.91 Å². The lowest BCUT2D eigenvalue weighted by Crippen LogP contribution is -2.55. The highest BCUT2D eigenvalue weighted by Crippen LogP contribution is 2.37. The first-order valence-corrected chi connectivity index (χ1v) is 11.1. The van der Waals surface area contributed by atoms with E-state index in [0.717, 1.165) is 16.1 Å². The second-order valence-electron chi connectivity index (χ2n) is 7.55. The summed E-state index contributed by atoms with van der Waals surface area (Å²) in [5, 5.41) is 3.37. The van der Waals surface area contributed by atoms with Crippen LogP contribution in [0.15, 0.2) is 48.5 Å². The van der Waals surface area contributed by atoms with E-state index in [9.17, 15) is 13.2 Å². The van der Waals surface area contributed by atoms with Gasteiger partial charge in [0.15, 0.2) is 6.10 Å². The lowest BCUT2D eigenvalue weighted by molar-refractivity contribution is -0.129. The van der Waals surface area contributed by atoms with E-state index in [0.29, 0.717) is 22.9 Å². The number of ether oxygens (including phenoxy) is 1. The number of carbonyl (C=O) groups is 1. The molecule has 150 valence electrons. The Balaban J connectivity index is 1.80. The van der Waals surface area contributed by atoms with Gasteiger partial charge in [-0.05, 0) is 44.0 Å². The zero-order valence-electron chi connectivity index (χ0n) is 16.0. The van der Waals surface area contributed by atoms with E-state index in [2.05, 4.69) is 5.32 Å². The van der Waals surface area contributed by atoms with Crippen LogP contribution in [0.1, 0.15) is 19.4 Å². The molecule has 0 fully saturated rings. The predicted octanol–water partition coefficient (Wildman–Crippen LogP) is 3.00. The molecular formula is C20H23ClN2O4S. The normalized spacial score (nSPS) is 16.9. The molecule has 0 aromatic heterocycles. The number of anilines is 1. The van der Waals surface area contributed by atoms with Gasteiger partial charge in [-0.25, -0.2) is 8.42 Å². The minimum atomic E-state index is -3.60. The molecule has 0 radical (unpaired) electrons. The summed E-state index contributed by atoms with van der Waals surface area (Å²) < 4.78 is 31.5. The van der Waals surface area contributed by atoms with Crippen molar-refractivity contribution in [2.24, 2.45) is 0 Å². The van der Waals surface area contributed by atoms with Crippen molar-refractivity contribution in [3.8, 4) is 5.75 Å². The van der Waals surface area contributed by atoms with E-state index in [1.165, 1.54) is 6.07 Å². The molecule has 2 aromatic carbocycles. The summed E-state index contributed by atoms with van der Waals surface area (Å²) in [7, 11) is -3.60. The summed E-state index contributed by atoms with van der Waals surface area (Å²) in [4.78, 5) is 12.9. The molecule has 0 bridgehead atoms. The van der Waals surface area contributed by atoms with Crippen molar-refractivity contribution in [1.82, 2.24) is 5.32 Å². The molecule has 1 atom stereocenters. The number of fused-ring (bicyclic) bond motifs is 1. The molecule has 8 heteroatoms. The molecule has 0 aliphatic carbocycles. The van der Waals surface area contributed by atoms with Crippen LogP contribution in [-0.4, -0.2) is 38.8 Å². The predicted molar refractivity (Wildman–Crippen MR) is 110 cm³/mol. The highest BCUT2D eigenvalue weighted by molar-refractivity contribution is 7.92. The fourth-order valence-electron chi connectivity index (χ4n) is 3.24. The summed E-state index contributed by atoms with van der Waals surface area (Å²) in [6, 6.07) is 14.5. The smallest absolute Gasteiger partial charge is 0.263 e. The van der Waals surface area contributed by atoms with E-state index < -0.39 is 21.7 Å². The summed E-state index contributed by atoms with van der Waals surface area (Å²) in [5.41, 5.74) is 0.899. The highest BCUT2D eigenvalue weighted by atomic mass is 35.5. The number of hydrogen-bond donors (Lipinski definition) is 1. The van der Waals surface area contributed by atoms with Gasteiger partial charge in [0.05, 0.1) is 18.5 Å². The van der Waals surface area contributed by atoms with Gasteiger partial charge >= 0.3 is 0 Å². The number of nitrogens with zero attached hydrogens (tertiary/aromatic N) is 1. The summed E-state index contributed by atoms with van der Waals surface area (Å²) in [6.45, 7) is 3.73. The molecule has 1 amide bonds. The van der Waals surface area contributed by atoms with Crippen molar-refractivity contribution in [2.75, 3.05) is 17.1 Å². The Morgan fingerprint density at radius 1 is 1.25 bits per heavy atom. The van der Waals surface area contributed by atoms with Crippen LogP contribution in [0, 0.1) is 0 Å². The fraction of sp³-hybridized carbons (Fsp3) is 0.350. The van der Waals surface area contributed by atoms with Gasteiger partial charge in [-0.3, -0.25) is 9.10 Å². The second-order valence-corrected chi connectivity index (χ2v) is 9.89. The molecule has 1 N–H and O–H groups in total. The zero-order chi connectivity index (χ0) is 20.5. The van der Waals surface area contributed by atoms with Gasteiger partial charge < -0.3 is 10.1 Å². The lowest BCUT2D eigenvalue weighted by atomic mass is 9.94. The number of rotatable bonds is 5. The monoisotopic (exact) mass is 422 g/mol. The van der Waals surface area contributed by atoms with Gasteiger partial charge in [0.1, 0.15) is 5.75 Å². The number of amides is 1. The van der Waals surface area contributed by atoms with E-state index in [1.54, 1.807) is 12.1 Å². The maximum absolute atomic E-state index is 12.9. The van der Waals surface area contributed by atoms with Crippen LogP contribution < -0.4 is 14.4 Å². The van der Waals surface area contributed by atoms with Crippen LogP contribution in [0.25, 0.3) is 0 Å². The van der Waals surface area contributed by atoms with Gasteiger partial charge in [0, 0.05) is 10.6 Å². The largest absolute Gasteiger partial charge is 0.476 e. The Morgan fingerprint density at radius 2 is 1.93 bits per heavy atom. The Labute approximate surface area is 170 Å². The standard InChI is InChI=1S/C20H23ClN2O4S/c1-20(2,12-14-7-5-4-6-8-14)22-19(24)18-13-23(28(3,25)26)16-11-15(21)9-10-17(16)27-18/h4-11,18H,12-13H2,1-3H3,(H,22,24)/t18-/m0/s1. The molecule has 0 saturated carbocycles. The third-order valence-electron chi connectivity index (χ3n) is 4.43. The fourth-order valence-corrected chi connectivity index (χ4v) is 4.31. The summed E-state index contributed by atoms with van der Waals surface area (Å²) in [5.74, 6) is -0.0581. The van der Waals surface area contributed by atoms with Crippen LogP contribution in [0.3, 0.4) is 0 Å². The molecule has 0 saturated heterocycles. The molecule has 0 unspecified atom stereocenters. The molecule has 1 aliphatic rings. The number of nitrogens with one attached hydrogen (secondary N) is 1. The third kappa shape index (κ3) is 4.77. The van der Waals surface area contributed by atoms with Crippen LogP contribution in [-0.2, 0) is 21.2 Å². The molecule has 0 spiro atoms. The van der Waals surface area contributed by atoms with Crippen LogP contribution in [0.2, 0.25) is 5.02 Å². The zero-order valence-corrected chi connectivity index (χ0v) is 17.5. The lowest BCUT2D eigenvalue weighted by Gasteiger charge is -2.36. The van der Waals surface area contributed by atoms with Crippen molar-refractivity contribution in [1.29, 1.82) is 0 Å². The van der Waals surface area contributed by atoms with Crippen LogP contribution in [0.4, 0.5) is 5.69 Å². The van der Waals surface area contributed by atoms with Crippen molar-refractivity contribution >= 4 is 33.2 Å².